The first-order chi connectivity index (χ1) is 30.5. The van der Waals surface area contributed by atoms with E-state index in [4.69, 9.17) is 14.2 Å². The summed E-state index contributed by atoms with van der Waals surface area (Å²) in [5.41, 5.74) is 0. The minimum Gasteiger partial charge on any atom is -0.462 e. The van der Waals surface area contributed by atoms with Crippen molar-refractivity contribution in [3.63, 3.8) is 0 Å². The second-order valence-corrected chi connectivity index (χ2v) is 18.5. The van der Waals surface area contributed by atoms with E-state index in [1.165, 1.54) is 186 Å². The smallest absolute Gasteiger partial charge is 0.306 e. The second-order valence-electron chi connectivity index (χ2n) is 18.5. The van der Waals surface area contributed by atoms with Crippen LogP contribution in [0.15, 0.2) is 24.3 Å². The normalized spacial score (nSPS) is 12.1. The molecule has 0 saturated heterocycles. The van der Waals surface area contributed by atoms with Gasteiger partial charge in [0.15, 0.2) is 6.10 Å². The van der Waals surface area contributed by atoms with E-state index in [0.717, 1.165) is 70.6 Å². The Balaban J connectivity index is 4.35. The number of allylic oxidation sites excluding steroid dienone is 4. The minimum atomic E-state index is -0.774. The molecule has 0 bridgehead atoms. The van der Waals surface area contributed by atoms with E-state index in [9.17, 15) is 14.4 Å². The van der Waals surface area contributed by atoms with Crippen LogP contribution in [0.4, 0.5) is 0 Å². The zero-order valence-corrected chi connectivity index (χ0v) is 41.7. The van der Waals surface area contributed by atoms with Crippen LogP contribution in [0.3, 0.4) is 0 Å². The highest BCUT2D eigenvalue weighted by Gasteiger charge is 2.19. The molecular formula is C56H104O6. The predicted octanol–water partition coefficient (Wildman–Crippen LogP) is 17.9. The molecule has 0 aromatic rings. The average molecular weight is 873 g/mol. The number of esters is 3. The van der Waals surface area contributed by atoms with E-state index in [1.54, 1.807) is 0 Å². The van der Waals surface area contributed by atoms with Crippen LogP contribution in [0.1, 0.15) is 297 Å². The Hall–Kier alpha value is -2.11. The Morgan fingerprint density at radius 1 is 0.306 bits per heavy atom. The van der Waals surface area contributed by atoms with Gasteiger partial charge in [0.2, 0.25) is 0 Å². The summed E-state index contributed by atoms with van der Waals surface area (Å²) in [6.45, 7) is 6.64. The Kier molecular flexibility index (Phi) is 49.8. The number of ether oxygens (including phenoxy) is 3. The van der Waals surface area contributed by atoms with Crippen LogP contribution in [0.2, 0.25) is 0 Å². The summed E-state index contributed by atoms with van der Waals surface area (Å²) in [6, 6.07) is 0. The first-order valence-electron chi connectivity index (χ1n) is 27.3. The van der Waals surface area contributed by atoms with Crippen LogP contribution < -0.4 is 0 Å². The van der Waals surface area contributed by atoms with Gasteiger partial charge < -0.3 is 14.2 Å². The van der Waals surface area contributed by atoms with Crippen LogP contribution in [0, 0.1) is 0 Å². The van der Waals surface area contributed by atoms with Crippen LogP contribution in [-0.2, 0) is 28.6 Å². The van der Waals surface area contributed by atoms with Gasteiger partial charge in [0.05, 0.1) is 0 Å². The molecule has 62 heavy (non-hydrogen) atoms. The average Bonchev–Trinajstić information content (AvgIpc) is 3.27. The molecular weight excluding hydrogens is 769 g/mol. The van der Waals surface area contributed by atoms with Crippen molar-refractivity contribution in [2.24, 2.45) is 0 Å². The summed E-state index contributed by atoms with van der Waals surface area (Å²) < 4.78 is 16.8. The van der Waals surface area contributed by atoms with Gasteiger partial charge in [0, 0.05) is 19.3 Å². The van der Waals surface area contributed by atoms with E-state index < -0.39 is 6.10 Å². The van der Waals surface area contributed by atoms with Crippen molar-refractivity contribution in [2.45, 2.75) is 303 Å². The lowest BCUT2D eigenvalue weighted by Crippen LogP contribution is -2.30. The molecule has 0 heterocycles. The molecule has 1 atom stereocenters. The number of unbranched alkanes of at least 4 members (excludes halogenated alkanes) is 35. The van der Waals surface area contributed by atoms with Crippen molar-refractivity contribution in [3.8, 4) is 0 Å². The molecule has 0 fully saturated rings. The number of carbonyl (C=O) groups excluding carboxylic acids is 3. The lowest BCUT2D eigenvalue weighted by molar-refractivity contribution is -0.167. The molecule has 364 valence electrons. The van der Waals surface area contributed by atoms with Crippen molar-refractivity contribution < 1.29 is 28.6 Å². The van der Waals surface area contributed by atoms with Gasteiger partial charge >= 0.3 is 17.9 Å². The van der Waals surface area contributed by atoms with Gasteiger partial charge in [-0.05, 0) is 70.6 Å². The van der Waals surface area contributed by atoms with Gasteiger partial charge in [-0.2, -0.15) is 0 Å². The third-order valence-electron chi connectivity index (χ3n) is 12.2. The highest BCUT2D eigenvalue weighted by molar-refractivity contribution is 5.71. The summed E-state index contributed by atoms with van der Waals surface area (Å²) in [7, 11) is 0. The number of hydrogen-bond acceptors (Lipinski definition) is 6. The van der Waals surface area contributed by atoms with E-state index in [1.807, 2.05) is 0 Å². The zero-order valence-electron chi connectivity index (χ0n) is 41.7. The molecule has 0 spiro atoms. The van der Waals surface area contributed by atoms with E-state index in [2.05, 4.69) is 45.1 Å². The topological polar surface area (TPSA) is 78.9 Å². The maximum Gasteiger partial charge on any atom is 0.306 e. The van der Waals surface area contributed by atoms with Crippen LogP contribution in [-0.4, -0.2) is 37.2 Å². The summed E-state index contributed by atoms with van der Waals surface area (Å²) in [4.78, 5) is 38.0. The summed E-state index contributed by atoms with van der Waals surface area (Å²) in [6.07, 6.45) is 58.7. The first-order valence-corrected chi connectivity index (χ1v) is 27.3. The van der Waals surface area contributed by atoms with Gasteiger partial charge in [0.1, 0.15) is 13.2 Å². The summed E-state index contributed by atoms with van der Waals surface area (Å²) in [5.74, 6) is -0.875. The van der Waals surface area contributed by atoms with E-state index >= 15 is 0 Å². The molecule has 0 amide bonds. The molecule has 0 aliphatic carbocycles. The van der Waals surface area contributed by atoms with Crippen molar-refractivity contribution in [1.82, 2.24) is 0 Å². The fraction of sp³-hybridized carbons (Fsp3) is 0.875. The SMILES string of the molecule is CCCCCCC/C=C\CCCCCCCC(=O)OC[C@H](COC(=O)CCCCCCCCCCCCCCCCCC)OC(=O)CCCCCCC/C=C\CCCCCCC. The maximum atomic E-state index is 12.8. The van der Waals surface area contributed by atoms with Crippen LogP contribution in [0.25, 0.3) is 0 Å². The van der Waals surface area contributed by atoms with E-state index in [-0.39, 0.29) is 31.1 Å². The zero-order chi connectivity index (χ0) is 45.1. The third-order valence-corrected chi connectivity index (χ3v) is 12.2. The van der Waals surface area contributed by atoms with Crippen molar-refractivity contribution in [2.75, 3.05) is 13.2 Å². The monoisotopic (exact) mass is 873 g/mol. The quantitative estimate of drug-likeness (QED) is 0.0262. The Morgan fingerprint density at radius 2 is 0.532 bits per heavy atom. The number of hydrogen-bond donors (Lipinski definition) is 0. The molecule has 0 unspecified atom stereocenters. The van der Waals surface area contributed by atoms with Gasteiger partial charge in [-0.1, -0.05) is 231 Å². The van der Waals surface area contributed by atoms with E-state index in [0.29, 0.717) is 19.3 Å². The van der Waals surface area contributed by atoms with Gasteiger partial charge in [-0.3, -0.25) is 14.4 Å². The van der Waals surface area contributed by atoms with Crippen molar-refractivity contribution >= 4 is 17.9 Å². The lowest BCUT2D eigenvalue weighted by Gasteiger charge is -2.18. The molecule has 0 rings (SSSR count). The van der Waals surface area contributed by atoms with Gasteiger partial charge in [-0.15, -0.1) is 0 Å². The van der Waals surface area contributed by atoms with Gasteiger partial charge in [0.25, 0.3) is 0 Å². The predicted molar refractivity (Wildman–Crippen MR) is 266 cm³/mol. The Labute approximate surface area is 385 Å². The van der Waals surface area contributed by atoms with Gasteiger partial charge in [-0.25, -0.2) is 0 Å². The molecule has 0 aromatic heterocycles. The van der Waals surface area contributed by atoms with Crippen LogP contribution >= 0.6 is 0 Å². The second kappa shape index (κ2) is 51.5. The Bertz CT molecular complexity index is 1000. The molecule has 6 nitrogen and oxygen atoms in total. The van der Waals surface area contributed by atoms with Crippen LogP contribution in [0.5, 0.6) is 0 Å². The molecule has 6 heteroatoms. The Morgan fingerprint density at radius 3 is 0.806 bits per heavy atom. The molecule has 0 aliphatic rings. The maximum absolute atomic E-state index is 12.8. The molecule has 0 aromatic carbocycles. The molecule has 0 saturated carbocycles. The molecule has 0 aliphatic heterocycles. The first kappa shape index (κ1) is 59.9. The highest BCUT2D eigenvalue weighted by Crippen LogP contribution is 2.16. The van der Waals surface area contributed by atoms with Crippen molar-refractivity contribution in [3.05, 3.63) is 24.3 Å². The van der Waals surface area contributed by atoms with Crippen molar-refractivity contribution in [1.29, 1.82) is 0 Å². The largest absolute Gasteiger partial charge is 0.462 e. The third kappa shape index (κ3) is 48.9. The lowest BCUT2D eigenvalue weighted by atomic mass is 10.0. The summed E-state index contributed by atoms with van der Waals surface area (Å²) in [5, 5.41) is 0. The molecule has 0 radical (unpaired) electrons. The number of carbonyl (C=O) groups is 3. The standard InChI is InChI=1S/C56H104O6/c1-4-7-10-13-16-19-22-25-28-29-32-34-37-40-43-46-49-55(58)61-52-53(62-56(59)50-47-44-41-38-35-31-27-24-21-18-15-12-9-6-3)51-60-54(57)48-45-42-39-36-33-30-26-23-20-17-14-11-8-5-2/h23-24,26-27,53H,4-22,25,28-52H2,1-3H3/b26-23-,27-24-/t53-/m1/s1. The fourth-order valence-electron chi connectivity index (χ4n) is 8.02. The fourth-order valence-corrected chi connectivity index (χ4v) is 8.02. The summed E-state index contributed by atoms with van der Waals surface area (Å²) >= 11 is 0. The number of rotatable bonds is 50. The highest BCUT2D eigenvalue weighted by atomic mass is 16.6. The molecule has 0 N–H and O–H groups in total. The minimum absolute atomic E-state index is 0.0731.